The highest BCUT2D eigenvalue weighted by Crippen LogP contribution is 2.35. The minimum Gasteiger partial charge on any atom is -0.389 e. The van der Waals surface area contributed by atoms with Gasteiger partial charge in [0.2, 0.25) is 0 Å². The first-order valence-corrected chi connectivity index (χ1v) is 8.39. The van der Waals surface area contributed by atoms with Crippen LogP contribution in [0, 0.1) is 11.3 Å². The third-order valence-electron chi connectivity index (χ3n) is 4.95. The summed E-state index contributed by atoms with van der Waals surface area (Å²) in [6.45, 7) is 13.6. The highest BCUT2D eigenvalue weighted by Gasteiger charge is 2.38. The molecule has 0 spiro atoms. The fraction of sp³-hybridized carbons (Fsp3) is 0.941. The summed E-state index contributed by atoms with van der Waals surface area (Å²) in [7, 11) is 0. The van der Waals surface area contributed by atoms with Gasteiger partial charge in [-0.3, -0.25) is 9.69 Å². The van der Waals surface area contributed by atoms with Gasteiger partial charge < -0.3 is 10.0 Å². The fourth-order valence-electron chi connectivity index (χ4n) is 3.76. The van der Waals surface area contributed by atoms with Crippen LogP contribution >= 0.6 is 0 Å². The Bertz CT molecular complexity index is 365. The van der Waals surface area contributed by atoms with Crippen LogP contribution in [0.3, 0.4) is 0 Å². The monoisotopic (exact) mass is 296 g/mol. The largest absolute Gasteiger partial charge is 0.389 e. The van der Waals surface area contributed by atoms with E-state index in [9.17, 15) is 9.90 Å². The summed E-state index contributed by atoms with van der Waals surface area (Å²) in [5, 5.41) is 9.89. The predicted molar refractivity (Wildman–Crippen MR) is 85.3 cm³/mol. The molecule has 2 aliphatic rings. The molecule has 1 aliphatic heterocycles. The van der Waals surface area contributed by atoms with E-state index in [1.807, 2.05) is 13.8 Å². The van der Waals surface area contributed by atoms with Crippen LogP contribution in [-0.2, 0) is 4.79 Å². The molecule has 1 saturated heterocycles. The van der Waals surface area contributed by atoms with Crippen molar-refractivity contribution in [1.29, 1.82) is 0 Å². The number of aliphatic hydroxyl groups is 1. The highest BCUT2D eigenvalue weighted by atomic mass is 16.3. The van der Waals surface area contributed by atoms with Crippen molar-refractivity contribution in [3.63, 3.8) is 0 Å². The maximum Gasteiger partial charge on any atom is 0.142 e. The van der Waals surface area contributed by atoms with Gasteiger partial charge in [-0.25, -0.2) is 0 Å². The van der Waals surface area contributed by atoms with Crippen molar-refractivity contribution in [2.24, 2.45) is 11.3 Å². The van der Waals surface area contributed by atoms with Crippen LogP contribution in [0.15, 0.2) is 0 Å². The predicted octanol–water partition coefficient (Wildman–Crippen LogP) is 1.77. The van der Waals surface area contributed by atoms with Crippen molar-refractivity contribution < 1.29 is 9.90 Å². The Morgan fingerprint density at radius 1 is 1.19 bits per heavy atom. The molecule has 4 heteroatoms. The Hall–Kier alpha value is -0.450. The number of nitrogens with zero attached hydrogens (tertiary/aromatic N) is 2. The lowest BCUT2D eigenvalue weighted by Crippen LogP contribution is -2.52. The van der Waals surface area contributed by atoms with Gasteiger partial charge in [0.05, 0.1) is 5.60 Å². The minimum absolute atomic E-state index is 0.119. The zero-order chi connectivity index (χ0) is 15.7. The van der Waals surface area contributed by atoms with Gasteiger partial charge in [0.1, 0.15) is 5.78 Å². The van der Waals surface area contributed by atoms with Crippen molar-refractivity contribution in [3.05, 3.63) is 0 Å². The lowest BCUT2D eigenvalue weighted by atomic mass is 9.71. The number of ketones is 1. The van der Waals surface area contributed by atoms with Crippen LogP contribution in [-0.4, -0.2) is 65.6 Å². The van der Waals surface area contributed by atoms with Crippen molar-refractivity contribution in [3.8, 4) is 0 Å². The molecule has 0 aromatic carbocycles. The minimum atomic E-state index is -0.620. The Morgan fingerprint density at radius 3 is 2.33 bits per heavy atom. The van der Waals surface area contributed by atoms with E-state index in [1.165, 1.54) is 6.42 Å². The van der Waals surface area contributed by atoms with Crippen molar-refractivity contribution in [2.45, 2.75) is 52.6 Å². The second-order valence-electron chi connectivity index (χ2n) is 8.23. The number of carbonyl (C=O) groups is 1. The van der Waals surface area contributed by atoms with Crippen LogP contribution in [0.2, 0.25) is 0 Å². The molecule has 0 bridgehead atoms. The van der Waals surface area contributed by atoms with Crippen molar-refractivity contribution in [1.82, 2.24) is 9.80 Å². The van der Waals surface area contributed by atoms with Crippen LogP contribution in [0.25, 0.3) is 0 Å². The number of piperazine rings is 1. The molecule has 0 aromatic rings. The molecule has 0 aromatic heterocycles. The van der Waals surface area contributed by atoms with Crippen LogP contribution in [0.1, 0.15) is 47.0 Å². The molecule has 21 heavy (non-hydrogen) atoms. The van der Waals surface area contributed by atoms with Gasteiger partial charge in [0.25, 0.3) is 0 Å². The van der Waals surface area contributed by atoms with E-state index in [0.717, 1.165) is 52.1 Å². The molecule has 2 fully saturated rings. The topological polar surface area (TPSA) is 43.8 Å². The summed E-state index contributed by atoms with van der Waals surface area (Å²) in [5.41, 5.74) is -0.739. The van der Waals surface area contributed by atoms with Gasteiger partial charge in [0, 0.05) is 50.6 Å². The van der Waals surface area contributed by atoms with Gasteiger partial charge >= 0.3 is 0 Å². The molecular formula is C17H32N2O2. The van der Waals surface area contributed by atoms with E-state index >= 15 is 0 Å². The first-order valence-electron chi connectivity index (χ1n) is 8.39. The number of carbonyl (C=O) groups excluding carboxylic acids is 1. The van der Waals surface area contributed by atoms with E-state index in [-0.39, 0.29) is 11.3 Å². The summed E-state index contributed by atoms with van der Waals surface area (Å²) in [5.74, 6) is 0.697. The summed E-state index contributed by atoms with van der Waals surface area (Å²) in [6.07, 6.45) is 3.29. The van der Waals surface area contributed by atoms with Crippen molar-refractivity contribution >= 4 is 5.78 Å². The quantitative estimate of drug-likeness (QED) is 0.859. The average Bonchev–Trinajstić information content (AvgIpc) is 2.35. The zero-order valence-electron chi connectivity index (χ0n) is 14.2. The van der Waals surface area contributed by atoms with E-state index in [4.69, 9.17) is 0 Å². The summed E-state index contributed by atoms with van der Waals surface area (Å²) >= 11 is 0. The SMILES string of the molecule is CC(C)(O)CN1CCN(CC2CCCC(C)(C)C2=O)CC1. The maximum absolute atomic E-state index is 12.5. The standard InChI is InChI=1S/C17H32N2O2/c1-16(2)7-5-6-14(15(16)20)12-18-8-10-19(11-9-18)13-17(3,4)21/h14,21H,5-13H2,1-4H3. The molecule has 1 aliphatic carbocycles. The molecular weight excluding hydrogens is 264 g/mol. The molecule has 122 valence electrons. The number of rotatable bonds is 4. The number of β-amino-alcohol motifs (C(OH)–C–C–N with tert-alkyl or cyclic N) is 1. The number of Topliss-reactive ketones (excluding diaryl/α,β-unsaturated/α-hetero) is 1. The van der Waals surface area contributed by atoms with Crippen molar-refractivity contribution in [2.75, 3.05) is 39.3 Å². The zero-order valence-corrected chi connectivity index (χ0v) is 14.2. The summed E-state index contributed by atoms with van der Waals surface area (Å²) < 4.78 is 0. The molecule has 1 saturated carbocycles. The molecule has 4 nitrogen and oxygen atoms in total. The third kappa shape index (κ3) is 4.76. The lowest BCUT2D eigenvalue weighted by Gasteiger charge is -2.40. The molecule has 2 rings (SSSR count). The third-order valence-corrected chi connectivity index (χ3v) is 4.95. The highest BCUT2D eigenvalue weighted by molar-refractivity contribution is 5.87. The van der Waals surface area contributed by atoms with Gasteiger partial charge in [-0.05, 0) is 26.7 Å². The Balaban J connectivity index is 1.80. The van der Waals surface area contributed by atoms with Gasteiger partial charge in [-0.1, -0.05) is 20.3 Å². The van der Waals surface area contributed by atoms with E-state index in [0.29, 0.717) is 5.78 Å². The van der Waals surface area contributed by atoms with Gasteiger partial charge in [-0.15, -0.1) is 0 Å². The van der Waals surface area contributed by atoms with Crippen LogP contribution in [0.4, 0.5) is 0 Å². The Kier molecular flexibility index (Phi) is 5.11. The second kappa shape index (κ2) is 6.35. The molecule has 1 heterocycles. The van der Waals surface area contributed by atoms with E-state index in [2.05, 4.69) is 23.6 Å². The molecule has 1 unspecified atom stereocenters. The smallest absolute Gasteiger partial charge is 0.142 e. The fourth-order valence-corrected chi connectivity index (χ4v) is 3.76. The van der Waals surface area contributed by atoms with Crippen LogP contribution < -0.4 is 0 Å². The van der Waals surface area contributed by atoms with Crippen LogP contribution in [0.5, 0.6) is 0 Å². The molecule has 1 N–H and O–H groups in total. The Morgan fingerprint density at radius 2 is 1.76 bits per heavy atom. The van der Waals surface area contributed by atoms with Gasteiger partial charge in [-0.2, -0.15) is 0 Å². The number of hydrogen-bond acceptors (Lipinski definition) is 4. The lowest BCUT2D eigenvalue weighted by molar-refractivity contribution is -0.135. The maximum atomic E-state index is 12.5. The summed E-state index contributed by atoms with van der Waals surface area (Å²) in [4.78, 5) is 17.3. The molecule has 0 radical (unpaired) electrons. The first-order chi connectivity index (χ1) is 9.67. The molecule has 0 amide bonds. The number of hydrogen-bond donors (Lipinski definition) is 1. The second-order valence-corrected chi connectivity index (χ2v) is 8.23. The first kappa shape index (κ1) is 16.9. The van der Waals surface area contributed by atoms with E-state index < -0.39 is 5.60 Å². The van der Waals surface area contributed by atoms with Gasteiger partial charge in [0.15, 0.2) is 0 Å². The van der Waals surface area contributed by atoms with E-state index in [1.54, 1.807) is 0 Å². The normalized spacial score (nSPS) is 28.8. The Labute approximate surface area is 129 Å². The molecule has 1 atom stereocenters. The average molecular weight is 296 g/mol. The summed E-state index contributed by atoms with van der Waals surface area (Å²) in [6, 6.07) is 0.